The van der Waals surface area contributed by atoms with Crippen LogP contribution in [0.2, 0.25) is 0 Å². The number of aromatic carboxylic acids is 1. The molecule has 0 fully saturated rings. The number of carbonyl (C=O) groups excluding carboxylic acids is 1. The van der Waals surface area contributed by atoms with Crippen LogP contribution in [-0.4, -0.2) is 23.2 Å². The van der Waals surface area contributed by atoms with Crippen LogP contribution >= 0.6 is 45.2 Å². The number of hydrogen-bond donors (Lipinski definition) is 2. The van der Waals surface area contributed by atoms with E-state index in [9.17, 15) is 9.59 Å². The van der Waals surface area contributed by atoms with Crippen molar-refractivity contribution >= 4 is 63.3 Å². The summed E-state index contributed by atoms with van der Waals surface area (Å²) >= 11 is 4.35. The highest BCUT2D eigenvalue weighted by molar-refractivity contribution is 14.1. The van der Waals surface area contributed by atoms with Gasteiger partial charge in [-0.15, -0.1) is 0 Å². The second kappa shape index (κ2) is 9.13. The minimum Gasteiger partial charge on any atom is -0.487 e. The number of amides is 1. The van der Waals surface area contributed by atoms with Crippen molar-refractivity contribution in [2.45, 2.75) is 13.5 Å². The lowest BCUT2D eigenvalue weighted by atomic mass is 10.1. The Morgan fingerprint density at radius 3 is 2.32 bits per heavy atom. The monoisotopic (exact) mass is 564 g/mol. The number of carboxylic acids is 1. The maximum absolute atomic E-state index is 10.9. The number of hydrogen-bond acceptors (Lipinski definition) is 4. The molecule has 130 valence electrons. The molecule has 0 heterocycles. The van der Waals surface area contributed by atoms with Gasteiger partial charge in [0.1, 0.15) is 12.4 Å². The summed E-state index contributed by atoms with van der Waals surface area (Å²) in [5.74, 6) is -0.428. The van der Waals surface area contributed by atoms with Gasteiger partial charge >= 0.3 is 5.97 Å². The van der Waals surface area contributed by atoms with E-state index < -0.39 is 5.97 Å². The first kappa shape index (κ1) is 19.6. The van der Waals surface area contributed by atoms with Crippen molar-refractivity contribution in [2.24, 2.45) is 5.10 Å². The maximum Gasteiger partial charge on any atom is 0.335 e. The molecule has 0 aliphatic heterocycles. The van der Waals surface area contributed by atoms with Crippen molar-refractivity contribution in [1.29, 1.82) is 0 Å². The quantitative estimate of drug-likeness (QED) is 0.319. The molecule has 8 heteroatoms. The van der Waals surface area contributed by atoms with E-state index in [0.29, 0.717) is 6.61 Å². The number of halogens is 2. The number of rotatable bonds is 6. The van der Waals surface area contributed by atoms with E-state index in [1.165, 1.54) is 6.92 Å². The molecule has 0 radical (unpaired) electrons. The zero-order valence-corrected chi connectivity index (χ0v) is 17.4. The standard InChI is InChI=1S/C17H14I2N2O4/c1-10(22)21-20-8-12-6-14(18)16(15(19)7-12)25-9-11-2-4-13(5-3-11)17(23)24/h2-8H,9H2,1H3,(H,21,22)(H,23,24)/b20-8-. The van der Waals surface area contributed by atoms with Crippen molar-refractivity contribution in [3.05, 3.63) is 60.2 Å². The first-order valence-electron chi connectivity index (χ1n) is 7.10. The number of hydrazone groups is 1. The number of nitrogens with zero attached hydrogens (tertiary/aromatic N) is 1. The molecular formula is C17H14I2N2O4. The molecule has 6 nitrogen and oxygen atoms in total. The first-order valence-corrected chi connectivity index (χ1v) is 9.26. The van der Waals surface area contributed by atoms with Gasteiger partial charge in [-0.1, -0.05) is 12.1 Å². The fourth-order valence-electron chi connectivity index (χ4n) is 1.89. The zero-order valence-electron chi connectivity index (χ0n) is 13.1. The van der Waals surface area contributed by atoms with Crippen LogP contribution in [0.25, 0.3) is 0 Å². The van der Waals surface area contributed by atoms with E-state index in [4.69, 9.17) is 9.84 Å². The van der Waals surface area contributed by atoms with Gasteiger partial charge in [-0.2, -0.15) is 5.10 Å². The fourth-order valence-corrected chi connectivity index (χ4v) is 4.02. The molecule has 0 aliphatic rings. The molecule has 0 unspecified atom stereocenters. The predicted octanol–water partition coefficient (Wildman–Crippen LogP) is 3.64. The summed E-state index contributed by atoms with van der Waals surface area (Å²) in [6.07, 6.45) is 1.57. The largest absolute Gasteiger partial charge is 0.487 e. The number of benzene rings is 2. The lowest BCUT2D eigenvalue weighted by molar-refractivity contribution is -0.118. The average Bonchev–Trinajstić information content (AvgIpc) is 2.54. The van der Waals surface area contributed by atoms with Gasteiger partial charge in [0.25, 0.3) is 0 Å². The Labute approximate surface area is 171 Å². The summed E-state index contributed by atoms with van der Waals surface area (Å²) < 4.78 is 7.70. The van der Waals surface area contributed by atoms with E-state index in [1.54, 1.807) is 30.5 Å². The highest BCUT2D eigenvalue weighted by Gasteiger charge is 2.09. The Kier molecular flexibility index (Phi) is 7.17. The maximum atomic E-state index is 10.9. The second-order valence-corrected chi connectivity index (χ2v) is 7.35. The van der Waals surface area contributed by atoms with Crippen LogP contribution in [0.15, 0.2) is 41.5 Å². The third kappa shape index (κ3) is 5.96. The van der Waals surface area contributed by atoms with Crippen molar-refractivity contribution < 1.29 is 19.4 Å². The van der Waals surface area contributed by atoms with Gasteiger partial charge in [0.15, 0.2) is 0 Å². The van der Waals surface area contributed by atoms with Crippen LogP contribution < -0.4 is 10.2 Å². The van der Waals surface area contributed by atoms with Crippen LogP contribution in [0, 0.1) is 7.14 Å². The molecule has 1 amide bonds. The Morgan fingerprint density at radius 2 is 1.80 bits per heavy atom. The van der Waals surface area contributed by atoms with Crippen LogP contribution in [0.4, 0.5) is 0 Å². The highest BCUT2D eigenvalue weighted by Crippen LogP contribution is 2.29. The van der Waals surface area contributed by atoms with Crippen LogP contribution in [0.1, 0.15) is 28.4 Å². The number of carbonyl (C=O) groups is 2. The van der Waals surface area contributed by atoms with Crippen LogP contribution in [-0.2, 0) is 11.4 Å². The molecule has 2 aromatic carbocycles. The average molecular weight is 564 g/mol. The summed E-state index contributed by atoms with van der Waals surface area (Å²) in [6.45, 7) is 1.73. The molecule has 0 aliphatic carbocycles. The Hall–Kier alpha value is -1.69. The van der Waals surface area contributed by atoms with Crippen molar-refractivity contribution in [3.8, 4) is 5.75 Å². The van der Waals surface area contributed by atoms with E-state index >= 15 is 0 Å². The first-order chi connectivity index (χ1) is 11.9. The zero-order chi connectivity index (χ0) is 18.4. The molecule has 0 bridgehead atoms. The Balaban J connectivity index is 2.08. The fraction of sp³-hybridized carbons (Fsp3) is 0.118. The summed E-state index contributed by atoms with van der Waals surface area (Å²) in [6, 6.07) is 10.4. The third-order valence-electron chi connectivity index (χ3n) is 3.04. The van der Waals surface area contributed by atoms with Crippen molar-refractivity contribution in [3.63, 3.8) is 0 Å². The van der Waals surface area contributed by atoms with Gasteiger partial charge in [0.05, 0.1) is 18.9 Å². The Bertz CT molecular complexity index is 797. The minimum absolute atomic E-state index is 0.227. The van der Waals surface area contributed by atoms with Gasteiger partial charge in [0, 0.05) is 6.92 Å². The number of nitrogens with one attached hydrogen (secondary N) is 1. The second-order valence-electron chi connectivity index (χ2n) is 5.03. The molecular weight excluding hydrogens is 550 g/mol. The van der Waals surface area contributed by atoms with Gasteiger partial charge < -0.3 is 9.84 Å². The molecule has 0 saturated heterocycles. The minimum atomic E-state index is -0.951. The lowest BCUT2D eigenvalue weighted by Gasteiger charge is -2.11. The smallest absolute Gasteiger partial charge is 0.335 e. The SMILES string of the molecule is CC(=O)N/N=C\c1cc(I)c(OCc2ccc(C(=O)O)cc2)c(I)c1. The summed E-state index contributed by atoms with van der Waals surface area (Å²) in [5.41, 5.74) is 4.34. The lowest BCUT2D eigenvalue weighted by Crippen LogP contribution is -2.12. The molecule has 2 N–H and O–H groups in total. The molecule has 25 heavy (non-hydrogen) atoms. The third-order valence-corrected chi connectivity index (χ3v) is 4.64. The Morgan fingerprint density at radius 1 is 1.20 bits per heavy atom. The molecule has 0 saturated carbocycles. The molecule has 0 spiro atoms. The molecule has 2 aromatic rings. The molecule has 2 rings (SSSR count). The normalized spacial score (nSPS) is 10.7. The van der Waals surface area contributed by atoms with Crippen molar-refractivity contribution in [1.82, 2.24) is 5.43 Å². The molecule has 0 atom stereocenters. The summed E-state index contributed by atoms with van der Waals surface area (Å²) in [4.78, 5) is 21.7. The van der Waals surface area contributed by atoms with Crippen molar-refractivity contribution in [2.75, 3.05) is 0 Å². The van der Waals surface area contributed by atoms with Gasteiger partial charge in [-0.05, 0) is 80.6 Å². The summed E-state index contributed by atoms with van der Waals surface area (Å²) in [5, 5.41) is 12.8. The number of ether oxygens (including phenoxy) is 1. The molecule has 0 aromatic heterocycles. The van der Waals surface area contributed by atoms with Gasteiger partial charge in [-0.25, -0.2) is 10.2 Å². The highest BCUT2D eigenvalue weighted by atomic mass is 127. The topological polar surface area (TPSA) is 88.0 Å². The van der Waals surface area contributed by atoms with E-state index in [-0.39, 0.29) is 11.5 Å². The van der Waals surface area contributed by atoms with Crippen LogP contribution in [0.3, 0.4) is 0 Å². The van der Waals surface area contributed by atoms with Gasteiger partial charge in [-0.3, -0.25) is 4.79 Å². The summed E-state index contributed by atoms with van der Waals surface area (Å²) in [7, 11) is 0. The predicted molar refractivity (Wildman–Crippen MR) is 111 cm³/mol. The van der Waals surface area contributed by atoms with Crippen LogP contribution in [0.5, 0.6) is 5.75 Å². The van der Waals surface area contributed by atoms with Gasteiger partial charge in [0.2, 0.25) is 5.91 Å². The van der Waals surface area contributed by atoms with E-state index in [1.807, 2.05) is 12.1 Å². The van der Waals surface area contributed by atoms with E-state index in [0.717, 1.165) is 24.0 Å². The van der Waals surface area contributed by atoms with E-state index in [2.05, 4.69) is 55.7 Å². The number of carboxylic acid groups (broad SMARTS) is 1.